The van der Waals surface area contributed by atoms with Gasteiger partial charge in [0.05, 0.1) is 0 Å². The monoisotopic (exact) mass is 508 g/mol. The molecular formula is C32H60O4. The molecule has 0 aromatic heterocycles. The molecule has 0 radical (unpaired) electrons. The average Bonchev–Trinajstić information content (AvgIpc) is 3.49. The van der Waals surface area contributed by atoms with Crippen molar-refractivity contribution >= 4 is 11.9 Å². The Hall–Kier alpha value is -1.06. The average molecular weight is 509 g/mol. The molecule has 36 heavy (non-hydrogen) atoms. The van der Waals surface area contributed by atoms with Crippen molar-refractivity contribution in [3.63, 3.8) is 0 Å². The van der Waals surface area contributed by atoms with E-state index in [4.69, 9.17) is 9.47 Å². The Balaban J connectivity index is 0.000000362. The van der Waals surface area contributed by atoms with Gasteiger partial charge in [-0.1, -0.05) is 129 Å². The lowest BCUT2D eigenvalue weighted by molar-refractivity contribution is -0.142. The van der Waals surface area contributed by atoms with Crippen LogP contribution in [0.3, 0.4) is 0 Å². The molecule has 2 saturated heterocycles. The van der Waals surface area contributed by atoms with E-state index in [1.165, 1.54) is 128 Å². The third-order valence-corrected chi connectivity index (χ3v) is 7.70. The van der Waals surface area contributed by atoms with Gasteiger partial charge in [-0.25, -0.2) is 0 Å². The van der Waals surface area contributed by atoms with Crippen LogP contribution >= 0.6 is 0 Å². The van der Waals surface area contributed by atoms with Gasteiger partial charge >= 0.3 is 11.9 Å². The van der Waals surface area contributed by atoms with Crippen molar-refractivity contribution in [2.24, 2.45) is 0 Å². The minimum atomic E-state index is 0.00549. The van der Waals surface area contributed by atoms with Crippen LogP contribution in [0.2, 0.25) is 0 Å². The quantitative estimate of drug-likeness (QED) is 0.108. The molecule has 0 aromatic carbocycles. The molecule has 4 heteroatoms. The zero-order valence-electron chi connectivity index (χ0n) is 24.2. The molecule has 2 rings (SSSR count). The fourth-order valence-electron chi connectivity index (χ4n) is 5.29. The zero-order valence-corrected chi connectivity index (χ0v) is 24.2. The molecule has 2 fully saturated rings. The van der Waals surface area contributed by atoms with Crippen LogP contribution in [0.1, 0.15) is 181 Å². The summed E-state index contributed by atoms with van der Waals surface area (Å²) in [6.45, 7) is 4.53. The Morgan fingerprint density at radius 3 is 1.00 bits per heavy atom. The van der Waals surface area contributed by atoms with Crippen molar-refractivity contribution in [2.45, 2.75) is 193 Å². The number of hydrogen-bond donors (Lipinski definition) is 0. The first-order valence-corrected chi connectivity index (χ1v) is 16.0. The molecule has 0 bridgehead atoms. The maximum atomic E-state index is 10.9. The lowest BCUT2D eigenvalue weighted by Gasteiger charge is -2.08. The van der Waals surface area contributed by atoms with Crippen LogP contribution in [0, 0.1) is 0 Å². The Morgan fingerprint density at radius 2 is 0.750 bits per heavy atom. The topological polar surface area (TPSA) is 52.6 Å². The highest BCUT2D eigenvalue weighted by molar-refractivity contribution is 5.71. The molecule has 2 aliphatic heterocycles. The van der Waals surface area contributed by atoms with Gasteiger partial charge in [-0.05, 0) is 38.5 Å². The Morgan fingerprint density at radius 1 is 0.472 bits per heavy atom. The number of esters is 2. The normalized spacial score (nSPS) is 19.2. The van der Waals surface area contributed by atoms with E-state index in [1.807, 2.05) is 0 Å². The summed E-state index contributed by atoms with van der Waals surface area (Å²) in [6, 6.07) is 0. The summed E-state index contributed by atoms with van der Waals surface area (Å²) >= 11 is 0. The second-order valence-electron chi connectivity index (χ2n) is 11.2. The van der Waals surface area contributed by atoms with Gasteiger partial charge in [0.1, 0.15) is 12.2 Å². The van der Waals surface area contributed by atoms with E-state index in [-0.39, 0.29) is 24.1 Å². The highest BCUT2D eigenvalue weighted by Gasteiger charge is 2.23. The number of hydrogen-bond acceptors (Lipinski definition) is 4. The highest BCUT2D eigenvalue weighted by Crippen LogP contribution is 2.21. The minimum absolute atomic E-state index is 0.00549. The van der Waals surface area contributed by atoms with E-state index in [0.717, 1.165) is 25.7 Å². The van der Waals surface area contributed by atoms with Crippen LogP contribution in [0.4, 0.5) is 0 Å². The maximum Gasteiger partial charge on any atom is 0.306 e. The van der Waals surface area contributed by atoms with Crippen LogP contribution in [0.25, 0.3) is 0 Å². The number of rotatable bonds is 22. The van der Waals surface area contributed by atoms with Gasteiger partial charge in [0.2, 0.25) is 0 Å². The van der Waals surface area contributed by atoms with Crippen molar-refractivity contribution in [3.8, 4) is 0 Å². The molecule has 0 aliphatic carbocycles. The molecule has 2 atom stereocenters. The Labute approximate surface area is 224 Å². The predicted octanol–water partition coefficient (Wildman–Crippen LogP) is 10.0. The fourth-order valence-corrected chi connectivity index (χ4v) is 5.29. The summed E-state index contributed by atoms with van der Waals surface area (Å²) in [5.41, 5.74) is 0. The first-order valence-electron chi connectivity index (χ1n) is 16.0. The molecule has 0 amide bonds. The van der Waals surface area contributed by atoms with E-state index < -0.39 is 0 Å². The van der Waals surface area contributed by atoms with E-state index in [0.29, 0.717) is 12.8 Å². The van der Waals surface area contributed by atoms with Crippen LogP contribution in [0.15, 0.2) is 0 Å². The fraction of sp³-hybridized carbons (Fsp3) is 0.938. The first-order chi connectivity index (χ1) is 17.7. The molecule has 2 aliphatic rings. The zero-order chi connectivity index (χ0) is 26.1. The third kappa shape index (κ3) is 20.0. The van der Waals surface area contributed by atoms with Crippen LogP contribution in [-0.4, -0.2) is 24.1 Å². The van der Waals surface area contributed by atoms with Gasteiger partial charge in [0.15, 0.2) is 0 Å². The molecule has 0 spiro atoms. The van der Waals surface area contributed by atoms with Crippen LogP contribution < -0.4 is 0 Å². The van der Waals surface area contributed by atoms with Gasteiger partial charge in [-0.2, -0.15) is 0 Å². The van der Waals surface area contributed by atoms with Crippen molar-refractivity contribution in [1.29, 1.82) is 0 Å². The smallest absolute Gasteiger partial charge is 0.306 e. The van der Waals surface area contributed by atoms with E-state index >= 15 is 0 Å². The second kappa shape index (κ2) is 24.3. The van der Waals surface area contributed by atoms with Gasteiger partial charge < -0.3 is 9.47 Å². The molecule has 2 heterocycles. The number of unbranched alkanes of at least 4 members (excludes halogenated alkanes) is 18. The minimum Gasteiger partial charge on any atom is -0.462 e. The lowest BCUT2D eigenvalue weighted by atomic mass is 10.0. The summed E-state index contributed by atoms with van der Waals surface area (Å²) in [6.07, 6.45) is 33.2. The summed E-state index contributed by atoms with van der Waals surface area (Å²) in [4.78, 5) is 21.8. The number of ether oxygens (including phenoxy) is 2. The van der Waals surface area contributed by atoms with Crippen LogP contribution in [-0.2, 0) is 19.1 Å². The molecule has 0 N–H and O–H groups in total. The predicted molar refractivity (Wildman–Crippen MR) is 151 cm³/mol. The molecule has 4 nitrogen and oxygen atoms in total. The van der Waals surface area contributed by atoms with E-state index in [1.54, 1.807) is 0 Å². The standard InChI is InChI=1S/C17H32O2.C15H28O2/c1-2-3-4-5-6-7-8-9-10-11-12-13-16-14-15-17(18)19-16;1-2-3-4-5-6-7-8-9-10-11-14-12-13-15(16)17-14/h16H,2-15H2,1H3;14H,2-13H2,1H3. The maximum absolute atomic E-state index is 10.9. The first kappa shape index (κ1) is 33.0. The van der Waals surface area contributed by atoms with Gasteiger partial charge in [-0.3, -0.25) is 9.59 Å². The summed E-state index contributed by atoms with van der Waals surface area (Å²) in [5, 5.41) is 0. The molecule has 0 saturated carbocycles. The summed E-state index contributed by atoms with van der Waals surface area (Å²) in [7, 11) is 0. The Bertz CT molecular complexity index is 518. The highest BCUT2D eigenvalue weighted by atomic mass is 16.6. The third-order valence-electron chi connectivity index (χ3n) is 7.70. The second-order valence-corrected chi connectivity index (χ2v) is 11.2. The molecule has 0 aromatic rings. The van der Waals surface area contributed by atoms with Crippen molar-refractivity contribution < 1.29 is 19.1 Å². The van der Waals surface area contributed by atoms with Gasteiger partial charge in [0.25, 0.3) is 0 Å². The number of carbonyl (C=O) groups is 2. The molecule has 2 unspecified atom stereocenters. The Kier molecular flexibility index (Phi) is 22.2. The summed E-state index contributed by atoms with van der Waals surface area (Å²) < 4.78 is 10.4. The lowest BCUT2D eigenvalue weighted by Crippen LogP contribution is -2.06. The molecular weight excluding hydrogens is 448 g/mol. The van der Waals surface area contributed by atoms with E-state index in [9.17, 15) is 9.59 Å². The number of cyclic esters (lactones) is 2. The SMILES string of the molecule is CCCCCCCCCCCC1CCC(=O)O1.CCCCCCCCCCCCCC1CCC(=O)O1. The van der Waals surface area contributed by atoms with Gasteiger partial charge in [-0.15, -0.1) is 0 Å². The van der Waals surface area contributed by atoms with E-state index in [2.05, 4.69) is 13.8 Å². The van der Waals surface area contributed by atoms with Gasteiger partial charge in [0, 0.05) is 12.8 Å². The summed E-state index contributed by atoms with van der Waals surface area (Å²) in [5.74, 6) is 0.0130. The van der Waals surface area contributed by atoms with Crippen molar-refractivity contribution in [1.82, 2.24) is 0 Å². The van der Waals surface area contributed by atoms with Crippen molar-refractivity contribution in [3.05, 3.63) is 0 Å². The largest absolute Gasteiger partial charge is 0.462 e. The van der Waals surface area contributed by atoms with Crippen molar-refractivity contribution in [2.75, 3.05) is 0 Å². The van der Waals surface area contributed by atoms with Crippen LogP contribution in [0.5, 0.6) is 0 Å². The number of carbonyl (C=O) groups excluding carboxylic acids is 2. The molecule has 212 valence electrons.